The molecule has 1 heterocycles. The molecule has 1 saturated heterocycles. The smallest absolute Gasteiger partial charge is 0.124 e. The molecule has 0 N–H and O–H groups in total. The lowest BCUT2D eigenvalue weighted by Crippen LogP contribution is -2.19. The fourth-order valence-electron chi connectivity index (χ4n) is 2.02. The lowest BCUT2D eigenvalue weighted by molar-refractivity contribution is -0.110. The standard InChI is InChI=1S/C15H20N2O/c1-3-5-15(7-6-13(4-2)10-16)17-9-8-14(11-17)12-18/h4-7,12,14H,3,8-9,11H2,1-2H3/b7-6-,13-4+,15-5-. The Hall–Kier alpha value is -1.82. The molecule has 3 heteroatoms. The number of likely N-dealkylation sites (tertiary alicyclic amines) is 1. The molecule has 18 heavy (non-hydrogen) atoms. The molecule has 0 aromatic rings. The van der Waals surface area contributed by atoms with Crippen molar-refractivity contribution in [3.05, 3.63) is 35.6 Å². The third kappa shape index (κ3) is 3.89. The molecule has 0 aliphatic carbocycles. The van der Waals surface area contributed by atoms with Crippen LogP contribution in [0.3, 0.4) is 0 Å². The highest BCUT2D eigenvalue weighted by Crippen LogP contribution is 2.20. The average Bonchev–Trinajstić information content (AvgIpc) is 2.87. The van der Waals surface area contributed by atoms with Gasteiger partial charge in [-0.25, -0.2) is 0 Å². The van der Waals surface area contributed by atoms with Crippen molar-refractivity contribution in [3.8, 4) is 6.07 Å². The summed E-state index contributed by atoms with van der Waals surface area (Å²) in [5.74, 6) is 0.149. The zero-order valence-electron chi connectivity index (χ0n) is 11.1. The first-order valence-electron chi connectivity index (χ1n) is 6.40. The van der Waals surface area contributed by atoms with Crippen LogP contribution in [0.2, 0.25) is 0 Å². The van der Waals surface area contributed by atoms with Gasteiger partial charge in [0.25, 0.3) is 0 Å². The van der Waals surface area contributed by atoms with Crippen molar-refractivity contribution in [3.63, 3.8) is 0 Å². The molecule has 0 bridgehead atoms. The Morgan fingerprint density at radius 2 is 2.28 bits per heavy atom. The van der Waals surface area contributed by atoms with Gasteiger partial charge in [-0.2, -0.15) is 5.26 Å². The third-order valence-corrected chi connectivity index (χ3v) is 3.07. The fraction of sp³-hybridized carbons (Fsp3) is 0.467. The molecule has 1 fully saturated rings. The van der Waals surface area contributed by atoms with Crippen molar-refractivity contribution in [2.24, 2.45) is 5.92 Å². The summed E-state index contributed by atoms with van der Waals surface area (Å²) in [6.45, 7) is 5.64. The van der Waals surface area contributed by atoms with Gasteiger partial charge in [0.2, 0.25) is 0 Å². The summed E-state index contributed by atoms with van der Waals surface area (Å²) in [6, 6.07) is 2.13. The maximum atomic E-state index is 10.8. The van der Waals surface area contributed by atoms with Crippen LogP contribution < -0.4 is 0 Å². The summed E-state index contributed by atoms with van der Waals surface area (Å²) in [5, 5.41) is 8.87. The normalized spacial score (nSPS) is 21.4. The van der Waals surface area contributed by atoms with Crippen LogP contribution in [0.5, 0.6) is 0 Å². The minimum atomic E-state index is 0.149. The molecule has 0 saturated carbocycles. The first-order valence-corrected chi connectivity index (χ1v) is 6.40. The van der Waals surface area contributed by atoms with Gasteiger partial charge in [-0.15, -0.1) is 0 Å². The van der Waals surface area contributed by atoms with Gasteiger partial charge < -0.3 is 9.69 Å². The second-order valence-corrected chi connectivity index (χ2v) is 4.36. The van der Waals surface area contributed by atoms with Crippen LogP contribution >= 0.6 is 0 Å². The summed E-state index contributed by atoms with van der Waals surface area (Å²) >= 11 is 0. The number of allylic oxidation sites excluding steroid dienone is 5. The summed E-state index contributed by atoms with van der Waals surface area (Å²) < 4.78 is 0. The van der Waals surface area contributed by atoms with E-state index in [0.29, 0.717) is 5.57 Å². The van der Waals surface area contributed by atoms with E-state index in [9.17, 15) is 4.79 Å². The van der Waals surface area contributed by atoms with E-state index < -0.39 is 0 Å². The van der Waals surface area contributed by atoms with Crippen molar-refractivity contribution in [1.82, 2.24) is 4.90 Å². The van der Waals surface area contributed by atoms with Gasteiger partial charge in [-0.1, -0.05) is 19.1 Å². The largest absolute Gasteiger partial charge is 0.371 e. The van der Waals surface area contributed by atoms with E-state index in [4.69, 9.17) is 5.26 Å². The van der Waals surface area contributed by atoms with Gasteiger partial charge in [-0.3, -0.25) is 0 Å². The zero-order chi connectivity index (χ0) is 13.4. The van der Waals surface area contributed by atoms with Crippen LogP contribution in [0.4, 0.5) is 0 Å². The molecule has 0 radical (unpaired) electrons. The van der Waals surface area contributed by atoms with E-state index in [-0.39, 0.29) is 5.92 Å². The van der Waals surface area contributed by atoms with E-state index in [0.717, 1.165) is 37.9 Å². The molecule has 1 atom stereocenters. The maximum Gasteiger partial charge on any atom is 0.124 e. The van der Waals surface area contributed by atoms with Crippen LogP contribution in [0.25, 0.3) is 0 Å². The Balaban J connectivity index is 2.76. The minimum absolute atomic E-state index is 0.149. The van der Waals surface area contributed by atoms with Crippen molar-refractivity contribution in [2.75, 3.05) is 13.1 Å². The van der Waals surface area contributed by atoms with Crippen LogP contribution in [-0.4, -0.2) is 24.3 Å². The third-order valence-electron chi connectivity index (χ3n) is 3.07. The number of aldehydes is 1. The number of carbonyl (C=O) groups is 1. The molecule has 0 aromatic heterocycles. The number of nitriles is 1. The summed E-state index contributed by atoms with van der Waals surface area (Å²) in [5.41, 5.74) is 1.76. The number of hydrogen-bond donors (Lipinski definition) is 0. The summed E-state index contributed by atoms with van der Waals surface area (Å²) in [6.07, 6.45) is 10.6. The van der Waals surface area contributed by atoms with Gasteiger partial charge in [0.1, 0.15) is 6.29 Å². The molecule has 0 amide bonds. The highest BCUT2D eigenvalue weighted by Gasteiger charge is 2.22. The molecule has 0 aromatic carbocycles. The molecule has 1 aliphatic heterocycles. The Bertz CT molecular complexity index is 413. The summed E-state index contributed by atoms with van der Waals surface area (Å²) in [4.78, 5) is 13.0. The second-order valence-electron chi connectivity index (χ2n) is 4.36. The first-order chi connectivity index (χ1) is 8.74. The van der Waals surface area contributed by atoms with Crippen molar-refractivity contribution in [1.29, 1.82) is 5.26 Å². The Labute approximate surface area is 109 Å². The monoisotopic (exact) mass is 244 g/mol. The quantitative estimate of drug-likeness (QED) is 0.424. The Morgan fingerprint density at radius 1 is 1.50 bits per heavy atom. The van der Waals surface area contributed by atoms with E-state index in [1.54, 1.807) is 6.08 Å². The SMILES string of the molecule is C\C=C(C#N)/C=C\C(=C\CC)N1CCC(C=O)C1. The van der Waals surface area contributed by atoms with Crippen LogP contribution in [-0.2, 0) is 4.79 Å². The number of carbonyl (C=O) groups excluding carboxylic acids is 1. The Kier molecular flexibility index (Phi) is 5.93. The molecule has 1 rings (SSSR count). The van der Waals surface area contributed by atoms with E-state index >= 15 is 0 Å². The predicted molar refractivity (Wildman–Crippen MR) is 72.6 cm³/mol. The lowest BCUT2D eigenvalue weighted by atomic mass is 10.1. The van der Waals surface area contributed by atoms with Crippen LogP contribution in [0.15, 0.2) is 35.6 Å². The van der Waals surface area contributed by atoms with Gasteiger partial charge in [-0.05, 0) is 31.9 Å². The minimum Gasteiger partial charge on any atom is -0.371 e. The van der Waals surface area contributed by atoms with Gasteiger partial charge in [0.05, 0.1) is 6.07 Å². The van der Waals surface area contributed by atoms with Crippen molar-refractivity contribution >= 4 is 6.29 Å². The number of nitrogens with zero attached hydrogens (tertiary/aromatic N) is 2. The summed E-state index contributed by atoms with van der Waals surface area (Å²) in [7, 11) is 0. The number of rotatable bonds is 5. The number of hydrogen-bond acceptors (Lipinski definition) is 3. The van der Waals surface area contributed by atoms with Gasteiger partial charge >= 0.3 is 0 Å². The molecule has 96 valence electrons. The maximum absolute atomic E-state index is 10.8. The molecule has 0 spiro atoms. The lowest BCUT2D eigenvalue weighted by Gasteiger charge is -2.19. The topological polar surface area (TPSA) is 44.1 Å². The van der Waals surface area contributed by atoms with Gasteiger partial charge in [0.15, 0.2) is 0 Å². The second kappa shape index (κ2) is 7.50. The van der Waals surface area contributed by atoms with Crippen LogP contribution in [0.1, 0.15) is 26.7 Å². The Morgan fingerprint density at radius 3 is 2.78 bits per heavy atom. The highest BCUT2D eigenvalue weighted by molar-refractivity contribution is 5.54. The molecular weight excluding hydrogens is 224 g/mol. The van der Waals surface area contributed by atoms with Crippen LogP contribution in [0, 0.1) is 17.2 Å². The van der Waals surface area contributed by atoms with E-state index in [1.165, 1.54) is 0 Å². The molecule has 1 unspecified atom stereocenters. The van der Waals surface area contributed by atoms with E-state index in [2.05, 4.69) is 24.0 Å². The average molecular weight is 244 g/mol. The van der Waals surface area contributed by atoms with E-state index in [1.807, 2.05) is 19.1 Å². The highest BCUT2D eigenvalue weighted by atomic mass is 16.1. The molecular formula is C15H20N2O. The fourth-order valence-corrected chi connectivity index (χ4v) is 2.02. The first kappa shape index (κ1) is 14.2. The predicted octanol–water partition coefficient (Wildman–Crippen LogP) is 2.83. The zero-order valence-corrected chi connectivity index (χ0v) is 11.1. The van der Waals surface area contributed by atoms with Crippen molar-refractivity contribution in [2.45, 2.75) is 26.7 Å². The van der Waals surface area contributed by atoms with Gasteiger partial charge in [0, 0.05) is 30.3 Å². The van der Waals surface area contributed by atoms with Crippen molar-refractivity contribution < 1.29 is 4.79 Å². The molecule has 1 aliphatic rings. The molecule has 3 nitrogen and oxygen atoms in total.